The summed E-state index contributed by atoms with van der Waals surface area (Å²) >= 11 is 6.05. The van der Waals surface area contributed by atoms with Crippen molar-refractivity contribution >= 4 is 17.5 Å². The second-order valence-electron chi connectivity index (χ2n) is 5.82. The number of piperidine rings is 1. The molecule has 1 fully saturated rings. The largest absolute Gasteiger partial charge is 0.479 e. The molecule has 1 aromatic rings. The second kappa shape index (κ2) is 8.39. The van der Waals surface area contributed by atoms with Crippen LogP contribution in [0.25, 0.3) is 0 Å². The summed E-state index contributed by atoms with van der Waals surface area (Å²) in [7, 11) is 0. The summed E-state index contributed by atoms with van der Waals surface area (Å²) in [6, 6.07) is 7.46. The van der Waals surface area contributed by atoms with Crippen molar-refractivity contribution in [2.75, 3.05) is 19.6 Å². The molecule has 2 rings (SSSR count). The van der Waals surface area contributed by atoms with Gasteiger partial charge in [0.25, 0.3) is 5.91 Å². The van der Waals surface area contributed by atoms with Gasteiger partial charge in [-0.25, -0.2) is 0 Å². The first-order valence-electron chi connectivity index (χ1n) is 8.04. The Labute approximate surface area is 137 Å². The first-order chi connectivity index (χ1) is 10.6. The minimum atomic E-state index is -0.548. The van der Waals surface area contributed by atoms with Gasteiger partial charge in [0.15, 0.2) is 6.10 Å². The number of carbonyl (C=O) groups excluding carboxylic acids is 1. The van der Waals surface area contributed by atoms with E-state index in [-0.39, 0.29) is 11.9 Å². The Bertz CT molecular complexity index is 487. The highest BCUT2D eigenvalue weighted by Crippen LogP contribution is 2.24. The quantitative estimate of drug-likeness (QED) is 0.874. The van der Waals surface area contributed by atoms with Crippen LogP contribution < -0.4 is 10.1 Å². The van der Waals surface area contributed by atoms with E-state index in [1.165, 1.54) is 6.42 Å². The van der Waals surface area contributed by atoms with E-state index in [9.17, 15) is 4.79 Å². The molecule has 1 atom stereocenters. The van der Waals surface area contributed by atoms with Crippen LogP contribution >= 0.6 is 11.6 Å². The van der Waals surface area contributed by atoms with Crippen molar-refractivity contribution in [3.63, 3.8) is 0 Å². The van der Waals surface area contributed by atoms with Gasteiger partial charge in [-0.1, -0.05) is 30.7 Å². The van der Waals surface area contributed by atoms with Crippen molar-refractivity contribution in [3.05, 3.63) is 29.3 Å². The molecule has 4 nitrogen and oxygen atoms in total. The van der Waals surface area contributed by atoms with Crippen molar-refractivity contribution in [2.45, 2.75) is 45.3 Å². The fourth-order valence-corrected chi connectivity index (χ4v) is 2.90. The van der Waals surface area contributed by atoms with Gasteiger partial charge in [0.1, 0.15) is 5.75 Å². The number of nitrogens with one attached hydrogen (secondary N) is 1. The zero-order valence-corrected chi connectivity index (χ0v) is 14.1. The van der Waals surface area contributed by atoms with Crippen LogP contribution in [0.15, 0.2) is 24.3 Å². The van der Waals surface area contributed by atoms with Gasteiger partial charge in [-0.15, -0.1) is 0 Å². The van der Waals surface area contributed by atoms with Crippen LogP contribution in [0.3, 0.4) is 0 Å². The summed E-state index contributed by atoms with van der Waals surface area (Å²) in [5, 5.41) is 3.61. The predicted molar refractivity (Wildman–Crippen MR) is 89.4 cm³/mol. The molecule has 0 spiro atoms. The maximum Gasteiger partial charge on any atom is 0.260 e. The number of hydrogen-bond acceptors (Lipinski definition) is 3. The Morgan fingerprint density at radius 3 is 2.73 bits per heavy atom. The van der Waals surface area contributed by atoms with E-state index >= 15 is 0 Å². The summed E-state index contributed by atoms with van der Waals surface area (Å²) in [5.74, 6) is 0.471. The van der Waals surface area contributed by atoms with E-state index in [0.29, 0.717) is 10.8 Å². The summed E-state index contributed by atoms with van der Waals surface area (Å²) in [4.78, 5) is 14.7. The van der Waals surface area contributed by atoms with Crippen LogP contribution in [0.2, 0.25) is 5.02 Å². The lowest BCUT2D eigenvalue weighted by molar-refractivity contribution is -0.128. The third-order valence-electron chi connectivity index (χ3n) is 3.98. The third kappa shape index (κ3) is 4.89. The van der Waals surface area contributed by atoms with Gasteiger partial charge in [-0.2, -0.15) is 0 Å². The maximum atomic E-state index is 12.2. The fraction of sp³-hybridized carbons (Fsp3) is 0.588. The van der Waals surface area contributed by atoms with Crippen molar-refractivity contribution in [1.29, 1.82) is 0 Å². The highest BCUT2D eigenvalue weighted by molar-refractivity contribution is 6.32. The SMILES string of the molecule is CCCN1CCC(NC(=O)C(C)Oc2ccccc2Cl)CC1. The van der Waals surface area contributed by atoms with E-state index < -0.39 is 6.10 Å². The van der Waals surface area contributed by atoms with Crippen molar-refractivity contribution in [3.8, 4) is 5.75 Å². The Kier molecular flexibility index (Phi) is 6.52. The highest BCUT2D eigenvalue weighted by Gasteiger charge is 2.23. The molecule has 122 valence electrons. The Balaban J connectivity index is 1.79. The average molecular weight is 325 g/mol. The lowest BCUT2D eigenvalue weighted by Gasteiger charge is -2.32. The number of carbonyl (C=O) groups is 1. The van der Waals surface area contributed by atoms with Crippen LogP contribution in [0.1, 0.15) is 33.1 Å². The van der Waals surface area contributed by atoms with Gasteiger partial charge in [-0.05, 0) is 44.9 Å². The van der Waals surface area contributed by atoms with Crippen LogP contribution in [0, 0.1) is 0 Å². The van der Waals surface area contributed by atoms with Crippen LogP contribution in [0.5, 0.6) is 5.75 Å². The zero-order valence-electron chi connectivity index (χ0n) is 13.3. The van der Waals surface area contributed by atoms with Gasteiger partial charge < -0.3 is 15.0 Å². The normalized spacial score (nSPS) is 18.0. The standard InChI is InChI=1S/C17H25ClN2O2/c1-3-10-20-11-8-14(9-12-20)19-17(21)13(2)22-16-7-5-4-6-15(16)18/h4-7,13-14H,3,8-12H2,1-2H3,(H,19,21). The van der Waals surface area contributed by atoms with Crippen LogP contribution in [-0.2, 0) is 4.79 Å². The zero-order chi connectivity index (χ0) is 15.9. The van der Waals surface area contributed by atoms with E-state index in [1.54, 1.807) is 19.1 Å². The number of para-hydroxylation sites is 1. The molecule has 1 N–H and O–H groups in total. The van der Waals surface area contributed by atoms with Crippen molar-refractivity contribution in [2.24, 2.45) is 0 Å². The smallest absolute Gasteiger partial charge is 0.260 e. The topological polar surface area (TPSA) is 41.6 Å². The van der Waals surface area contributed by atoms with Crippen LogP contribution in [0.4, 0.5) is 0 Å². The van der Waals surface area contributed by atoms with E-state index in [2.05, 4.69) is 17.1 Å². The number of nitrogens with zero attached hydrogens (tertiary/aromatic N) is 1. The lowest BCUT2D eigenvalue weighted by Crippen LogP contribution is -2.48. The van der Waals surface area contributed by atoms with Gasteiger partial charge in [0, 0.05) is 19.1 Å². The minimum absolute atomic E-state index is 0.0751. The Morgan fingerprint density at radius 2 is 2.09 bits per heavy atom. The molecule has 0 radical (unpaired) electrons. The number of halogens is 1. The molecule has 1 saturated heterocycles. The van der Waals surface area contributed by atoms with Gasteiger partial charge in [0.05, 0.1) is 5.02 Å². The average Bonchev–Trinajstić information content (AvgIpc) is 2.51. The minimum Gasteiger partial charge on any atom is -0.479 e. The summed E-state index contributed by atoms with van der Waals surface area (Å²) in [5.41, 5.74) is 0. The van der Waals surface area contributed by atoms with E-state index in [1.807, 2.05) is 12.1 Å². The molecule has 22 heavy (non-hydrogen) atoms. The summed E-state index contributed by atoms with van der Waals surface area (Å²) in [6.45, 7) is 7.20. The molecular weight excluding hydrogens is 300 g/mol. The number of likely N-dealkylation sites (tertiary alicyclic amines) is 1. The molecule has 1 amide bonds. The van der Waals surface area contributed by atoms with Gasteiger partial charge >= 0.3 is 0 Å². The van der Waals surface area contributed by atoms with E-state index in [0.717, 1.165) is 32.5 Å². The maximum absolute atomic E-state index is 12.2. The van der Waals surface area contributed by atoms with Crippen molar-refractivity contribution in [1.82, 2.24) is 10.2 Å². The molecular formula is C17H25ClN2O2. The fourth-order valence-electron chi connectivity index (χ4n) is 2.72. The van der Waals surface area contributed by atoms with Crippen molar-refractivity contribution < 1.29 is 9.53 Å². The van der Waals surface area contributed by atoms with Gasteiger partial charge in [0.2, 0.25) is 0 Å². The summed E-state index contributed by atoms with van der Waals surface area (Å²) in [6.07, 6.45) is 2.64. The lowest BCUT2D eigenvalue weighted by atomic mass is 10.0. The molecule has 0 bridgehead atoms. The molecule has 0 aliphatic carbocycles. The Hall–Kier alpha value is -1.26. The Morgan fingerprint density at radius 1 is 1.41 bits per heavy atom. The number of hydrogen-bond donors (Lipinski definition) is 1. The van der Waals surface area contributed by atoms with Crippen LogP contribution in [-0.4, -0.2) is 42.6 Å². The second-order valence-corrected chi connectivity index (χ2v) is 6.22. The molecule has 1 heterocycles. The monoisotopic (exact) mass is 324 g/mol. The number of rotatable bonds is 6. The highest BCUT2D eigenvalue weighted by atomic mass is 35.5. The molecule has 5 heteroatoms. The molecule has 1 unspecified atom stereocenters. The predicted octanol–water partition coefficient (Wildman–Crippen LogP) is 3.10. The molecule has 0 aromatic heterocycles. The van der Waals surface area contributed by atoms with E-state index in [4.69, 9.17) is 16.3 Å². The first-order valence-corrected chi connectivity index (χ1v) is 8.42. The van der Waals surface area contributed by atoms with Gasteiger partial charge in [-0.3, -0.25) is 4.79 Å². The molecule has 1 aromatic carbocycles. The number of ether oxygens (including phenoxy) is 1. The molecule has 1 aliphatic rings. The summed E-state index contributed by atoms with van der Waals surface area (Å²) < 4.78 is 5.65. The number of benzene rings is 1. The number of amides is 1. The third-order valence-corrected chi connectivity index (χ3v) is 4.30. The molecule has 1 aliphatic heterocycles. The molecule has 0 saturated carbocycles. The first kappa shape index (κ1) is 17.1.